The van der Waals surface area contributed by atoms with Crippen molar-refractivity contribution >= 4 is 5.91 Å². The molecule has 0 saturated carbocycles. The van der Waals surface area contributed by atoms with Gasteiger partial charge in [-0.3, -0.25) is 4.79 Å². The predicted molar refractivity (Wildman–Crippen MR) is 73.2 cm³/mol. The number of rotatable bonds is 3. The van der Waals surface area contributed by atoms with Crippen molar-refractivity contribution in [1.29, 1.82) is 0 Å². The highest BCUT2D eigenvalue weighted by Crippen LogP contribution is 2.25. The van der Waals surface area contributed by atoms with E-state index >= 15 is 0 Å². The molecule has 0 radical (unpaired) electrons. The molecular weight excluding hydrogens is 275 g/mol. The fraction of sp³-hybridized carbons (Fsp3) is 0.462. The number of likely N-dealkylation sites (N-methyl/N-ethyl adjacent to an activating group) is 1. The summed E-state index contributed by atoms with van der Waals surface area (Å²) in [5, 5.41) is 7.86. The first-order valence-corrected chi connectivity index (χ1v) is 6.71. The molecule has 0 aliphatic carbocycles. The summed E-state index contributed by atoms with van der Waals surface area (Å²) in [7, 11) is 3.94. The van der Waals surface area contributed by atoms with Crippen LogP contribution in [0.25, 0.3) is 0 Å². The van der Waals surface area contributed by atoms with Gasteiger partial charge in [0.2, 0.25) is 0 Å². The zero-order valence-corrected chi connectivity index (χ0v) is 11.9. The monoisotopic (exact) mass is 292 g/mol. The van der Waals surface area contributed by atoms with Gasteiger partial charge in [0.1, 0.15) is 11.5 Å². The number of aromatic amines is 1. The highest BCUT2D eigenvalue weighted by molar-refractivity contribution is 5.92. The van der Waals surface area contributed by atoms with Crippen LogP contribution in [0.4, 0.5) is 4.39 Å². The first-order valence-electron chi connectivity index (χ1n) is 6.71. The van der Waals surface area contributed by atoms with Gasteiger partial charge in [-0.2, -0.15) is 0 Å². The van der Waals surface area contributed by atoms with Crippen molar-refractivity contribution in [3.05, 3.63) is 36.2 Å². The number of likely N-dealkylation sites (tertiary alicyclic amines) is 1. The van der Waals surface area contributed by atoms with E-state index in [1.807, 2.05) is 14.1 Å². The zero-order valence-electron chi connectivity index (χ0n) is 11.9. The average molecular weight is 292 g/mol. The molecule has 1 amide bonds. The van der Waals surface area contributed by atoms with Gasteiger partial charge < -0.3 is 14.8 Å². The number of nitrogens with zero attached hydrogens (tertiary/aromatic N) is 5. The molecule has 1 aliphatic rings. The summed E-state index contributed by atoms with van der Waals surface area (Å²) < 4.78 is 14.8. The maximum absolute atomic E-state index is 13.0. The molecule has 112 valence electrons. The zero-order chi connectivity index (χ0) is 15.0. The van der Waals surface area contributed by atoms with Crippen LogP contribution in [-0.2, 0) is 0 Å². The number of aromatic nitrogens is 4. The number of amides is 1. The van der Waals surface area contributed by atoms with Crippen LogP contribution in [0.15, 0.2) is 24.7 Å². The van der Waals surface area contributed by atoms with Crippen LogP contribution in [0.5, 0.6) is 0 Å². The second kappa shape index (κ2) is 5.28. The normalized spacial score (nSPS) is 22.2. The first-order chi connectivity index (χ1) is 10.1. The Bertz CT molecular complexity index is 622. The topological polar surface area (TPSA) is 70.1 Å². The summed E-state index contributed by atoms with van der Waals surface area (Å²) in [4.78, 5) is 18.8. The second-order valence-electron chi connectivity index (χ2n) is 5.42. The van der Waals surface area contributed by atoms with E-state index in [1.54, 1.807) is 22.0 Å². The van der Waals surface area contributed by atoms with E-state index in [0.717, 1.165) is 0 Å². The Hall–Kier alpha value is -2.22. The third-order valence-corrected chi connectivity index (χ3v) is 3.87. The van der Waals surface area contributed by atoms with E-state index < -0.39 is 5.82 Å². The largest absolute Gasteiger partial charge is 0.355 e. The third-order valence-electron chi connectivity index (χ3n) is 3.87. The molecule has 21 heavy (non-hydrogen) atoms. The van der Waals surface area contributed by atoms with Crippen LogP contribution in [-0.4, -0.2) is 68.9 Å². The number of hydrogen-bond donors (Lipinski definition) is 1. The van der Waals surface area contributed by atoms with Gasteiger partial charge in [-0.05, 0) is 14.1 Å². The van der Waals surface area contributed by atoms with Crippen molar-refractivity contribution in [1.82, 2.24) is 29.8 Å². The Morgan fingerprint density at radius 2 is 2.29 bits per heavy atom. The quantitative estimate of drug-likeness (QED) is 0.887. The second-order valence-corrected chi connectivity index (χ2v) is 5.42. The summed E-state index contributed by atoms with van der Waals surface area (Å²) in [5.74, 6) is -0.636. The van der Waals surface area contributed by atoms with Crippen LogP contribution in [0, 0.1) is 5.82 Å². The summed E-state index contributed by atoms with van der Waals surface area (Å²) in [6, 6.07) is 1.39. The summed E-state index contributed by atoms with van der Waals surface area (Å²) in [6.45, 7) is 1.09. The lowest BCUT2D eigenvalue weighted by atomic mass is 10.1. The highest BCUT2D eigenvalue weighted by atomic mass is 19.1. The SMILES string of the molecule is CN(C)[C@@H]1CN(C(=O)c2cc(F)c[nH]2)C[C@@H]1n1ccnn1. The molecule has 2 aromatic heterocycles. The Morgan fingerprint density at radius 3 is 2.86 bits per heavy atom. The van der Waals surface area contributed by atoms with Crippen LogP contribution < -0.4 is 0 Å². The first kappa shape index (κ1) is 13.7. The Kier molecular flexibility index (Phi) is 3.46. The molecule has 0 bridgehead atoms. The molecule has 3 rings (SSSR count). The number of nitrogens with one attached hydrogen (secondary N) is 1. The molecule has 2 atom stereocenters. The lowest BCUT2D eigenvalue weighted by Gasteiger charge is -2.24. The fourth-order valence-electron chi connectivity index (χ4n) is 2.76. The molecule has 1 fully saturated rings. The standard InChI is InChI=1S/C13H17FN6O/c1-18(2)11-7-19(8-12(11)20-4-3-16-17-20)13(21)10-5-9(14)6-15-10/h3-6,11-12,15H,7-8H2,1-2H3/t11-,12+/m1/s1. The maximum Gasteiger partial charge on any atom is 0.270 e. The number of carbonyl (C=O) groups excluding carboxylic acids is 1. The van der Waals surface area contributed by atoms with E-state index in [-0.39, 0.29) is 23.7 Å². The van der Waals surface area contributed by atoms with Crippen LogP contribution in [0.2, 0.25) is 0 Å². The van der Waals surface area contributed by atoms with Crippen molar-refractivity contribution in [3.63, 3.8) is 0 Å². The summed E-state index contributed by atoms with van der Waals surface area (Å²) in [6.07, 6.45) is 4.60. The van der Waals surface area contributed by atoms with Gasteiger partial charge in [0.05, 0.1) is 18.3 Å². The van der Waals surface area contributed by atoms with Crippen LogP contribution in [0.1, 0.15) is 16.5 Å². The number of hydrogen-bond acceptors (Lipinski definition) is 4. The minimum absolute atomic E-state index is 0.0336. The third kappa shape index (κ3) is 2.54. The van der Waals surface area contributed by atoms with E-state index in [4.69, 9.17) is 0 Å². The summed E-state index contributed by atoms with van der Waals surface area (Å²) >= 11 is 0. The van der Waals surface area contributed by atoms with Crippen molar-refractivity contribution in [2.45, 2.75) is 12.1 Å². The van der Waals surface area contributed by atoms with Gasteiger partial charge in [-0.25, -0.2) is 9.07 Å². The molecule has 1 N–H and O–H groups in total. The molecular formula is C13H17FN6O. The van der Waals surface area contributed by atoms with Gasteiger partial charge in [0.25, 0.3) is 5.91 Å². The lowest BCUT2D eigenvalue weighted by molar-refractivity contribution is 0.0775. The minimum Gasteiger partial charge on any atom is -0.355 e. The van der Waals surface area contributed by atoms with Gasteiger partial charge in [0, 0.05) is 31.5 Å². The van der Waals surface area contributed by atoms with Crippen LogP contribution >= 0.6 is 0 Å². The molecule has 1 saturated heterocycles. The van der Waals surface area contributed by atoms with Crippen LogP contribution in [0.3, 0.4) is 0 Å². The molecule has 2 aromatic rings. The van der Waals surface area contributed by atoms with Crippen molar-refractivity contribution in [3.8, 4) is 0 Å². The molecule has 7 nitrogen and oxygen atoms in total. The highest BCUT2D eigenvalue weighted by Gasteiger charge is 2.38. The number of carbonyl (C=O) groups is 1. The van der Waals surface area contributed by atoms with Gasteiger partial charge in [-0.15, -0.1) is 5.10 Å². The van der Waals surface area contributed by atoms with Gasteiger partial charge >= 0.3 is 0 Å². The smallest absolute Gasteiger partial charge is 0.270 e. The Labute approximate surface area is 121 Å². The van der Waals surface area contributed by atoms with Gasteiger partial charge in [0.15, 0.2) is 0 Å². The summed E-state index contributed by atoms with van der Waals surface area (Å²) in [5.41, 5.74) is 0.268. The Morgan fingerprint density at radius 1 is 1.48 bits per heavy atom. The molecule has 8 heteroatoms. The lowest BCUT2D eigenvalue weighted by Crippen LogP contribution is -2.37. The van der Waals surface area contributed by atoms with E-state index in [1.165, 1.54) is 12.3 Å². The van der Waals surface area contributed by atoms with Gasteiger partial charge in [-0.1, -0.05) is 5.21 Å². The van der Waals surface area contributed by atoms with E-state index in [2.05, 4.69) is 20.2 Å². The van der Waals surface area contributed by atoms with Crippen molar-refractivity contribution in [2.24, 2.45) is 0 Å². The minimum atomic E-state index is -0.436. The maximum atomic E-state index is 13.0. The Balaban J connectivity index is 1.81. The fourth-order valence-corrected chi connectivity index (χ4v) is 2.76. The molecule has 3 heterocycles. The van der Waals surface area contributed by atoms with E-state index in [9.17, 15) is 9.18 Å². The van der Waals surface area contributed by atoms with Crippen molar-refractivity contribution < 1.29 is 9.18 Å². The molecule has 0 unspecified atom stereocenters. The molecule has 0 spiro atoms. The van der Waals surface area contributed by atoms with E-state index in [0.29, 0.717) is 13.1 Å². The van der Waals surface area contributed by atoms with Crippen molar-refractivity contribution in [2.75, 3.05) is 27.2 Å². The number of halogens is 1. The predicted octanol–water partition coefficient (Wildman–Crippen LogP) is 0.373. The number of H-pyrrole nitrogens is 1. The average Bonchev–Trinajstić information content (AvgIpc) is 3.17. The molecule has 1 aliphatic heterocycles. The molecule has 0 aromatic carbocycles.